The second-order valence-electron chi connectivity index (χ2n) is 4.65. The molecule has 4 heterocycles. The Bertz CT molecular complexity index is 823. The summed E-state index contributed by atoms with van der Waals surface area (Å²) in [5.74, 6) is -2.56. The Morgan fingerprint density at radius 2 is 1.04 bits per heavy atom. The van der Waals surface area contributed by atoms with E-state index in [-0.39, 0.29) is 11.6 Å². The molecule has 0 aromatic carbocycles. The molecular weight excluding hydrogens is 344 g/mol. The van der Waals surface area contributed by atoms with E-state index in [1.807, 2.05) is 0 Å². The Hall–Kier alpha value is -4.22. The van der Waals surface area contributed by atoms with Crippen LogP contribution >= 0.6 is 0 Å². The van der Waals surface area contributed by atoms with Gasteiger partial charge in [0, 0.05) is 30.4 Å². The van der Waals surface area contributed by atoms with Crippen LogP contribution in [0.15, 0.2) is 48.8 Å². The fourth-order valence-electron chi connectivity index (χ4n) is 1.96. The van der Waals surface area contributed by atoms with Crippen LogP contribution in [0.5, 0.6) is 0 Å². The van der Waals surface area contributed by atoms with E-state index in [1.54, 1.807) is 18.5 Å². The summed E-state index contributed by atoms with van der Waals surface area (Å²) in [5.41, 5.74) is 0. The van der Waals surface area contributed by atoms with Gasteiger partial charge in [0.25, 0.3) is 23.6 Å². The number of carbonyl (C=O) groups excluding carboxylic acids is 4. The Morgan fingerprint density at radius 3 is 1.35 bits per heavy atom. The number of anilines is 2. The maximum atomic E-state index is 11.5. The number of rotatable bonds is 2. The number of hydrogen-bond acceptors (Lipinski definition) is 10. The molecule has 0 bridgehead atoms. The first-order valence-electron chi connectivity index (χ1n) is 6.99. The standard InChI is InChI=1S/C11H5N5O4.C3H3N3/c17-8-1-2-9(18)15(8)6-5-7(13-14-12-6)16-10(19)3-4-11(16)20;1-2-4-6-5-3-1/h1-5H;1-3H. The second-order valence-corrected chi connectivity index (χ2v) is 4.65. The molecule has 0 saturated heterocycles. The lowest BCUT2D eigenvalue weighted by atomic mass is 10.4. The molecule has 0 fully saturated rings. The molecule has 26 heavy (non-hydrogen) atoms. The molecule has 2 aromatic rings. The minimum Gasteiger partial charge on any atom is -0.269 e. The first-order chi connectivity index (χ1) is 12.6. The molecule has 4 amide bonds. The van der Waals surface area contributed by atoms with E-state index in [1.165, 1.54) is 6.07 Å². The molecule has 0 spiro atoms. The van der Waals surface area contributed by atoms with Crippen LogP contribution in [0.3, 0.4) is 0 Å². The molecule has 0 saturated carbocycles. The number of hydrogen-bond donors (Lipinski definition) is 0. The van der Waals surface area contributed by atoms with E-state index >= 15 is 0 Å². The van der Waals surface area contributed by atoms with Crippen molar-refractivity contribution in [1.29, 1.82) is 0 Å². The predicted molar refractivity (Wildman–Crippen MR) is 82.9 cm³/mol. The number of imide groups is 2. The van der Waals surface area contributed by atoms with Gasteiger partial charge >= 0.3 is 0 Å². The Morgan fingerprint density at radius 1 is 0.615 bits per heavy atom. The average Bonchev–Trinajstić information content (AvgIpc) is 3.18. The van der Waals surface area contributed by atoms with Gasteiger partial charge in [0.05, 0.1) is 12.4 Å². The van der Waals surface area contributed by atoms with Crippen molar-refractivity contribution in [3.05, 3.63) is 48.8 Å². The molecule has 0 atom stereocenters. The summed E-state index contributed by atoms with van der Waals surface area (Å²) in [4.78, 5) is 47.6. The Labute approximate surface area is 144 Å². The van der Waals surface area contributed by atoms with Crippen molar-refractivity contribution in [3.8, 4) is 0 Å². The second kappa shape index (κ2) is 7.12. The third-order valence-electron chi connectivity index (χ3n) is 3.04. The maximum Gasteiger partial charge on any atom is 0.259 e. The zero-order valence-corrected chi connectivity index (χ0v) is 12.8. The van der Waals surface area contributed by atoms with Crippen LogP contribution in [0, 0.1) is 0 Å². The van der Waals surface area contributed by atoms with Crippen molar-refractivity contribution in [2.45, 2.75) is 0 Å². The summed E-state index contributed by atoms with van der Waals surface area (Å²) in [6, 6.07) is 2.88. The summed E-state index contributed by atoms with van der Waals surface area (Å²) in [6.45, 7) is 0. The zero-order chi connectivity index (χ0) is 18.5. The lowest BCUT2D eigenvalue weighted by Gasteiger charge is -2.15. The monoisotopic (exact) mass is 352 g/mol. The lowest BCUT2D eigenvalue weighted by Crippen LogP contribution is -2.33. The van der Waals surface area contributed by atoms with Gasteiger partial charge in [-0.2, -0.15) is 0 Å². The number of amides is 4. The third-order valence-corrected chi connectivity index (χ3v) is 3.04. The van der Waals surface area contributed by atoms with E-state index in [0.717, 1.165) is 34.1 Å². The van der Waals surface area contributed by atoms with Gasteiger partial charge < -0.3 is 0 Å². The van der Waals surface area contributed by atoms with Gasteiger partial charge in [0.2, 0.25) is 0 Å². The van der Waals surface area contributed by atoms with Crippen molar-refractivity contribution in [3.63, 3.8) is 0 Å². The number of aromatic nitrogens is 6. The minimum atomic E-state index is -0.585. The first kappa shape index (κ1) is 16.6. The predicted octanol–water partition coefficient (Wildman–Crippen LogP) is -1.40. The highest BCUT2D eigenvalue weighted by Crippen LogP contribution is 2.21. The molecule has 12 heteroatoms. The van der Waals surface area contributed by atoms with Crippen LogP contribution in [-0.4, -0.2) is 54.5 Å². The largest absolute Gasteiger partial charge is 0.269 e. The lowest BCUT2D eigenvalue weighted by molar-refractivity contribution is -0.121. The summed E-state index contributed by atoms with van der Waals surface area (Å²) in [6.07, 6.45) is 7.48. The van der Waals surface area contributed by atoms with Gasteiger partial charge in [0.1, 0.15) is 0 Å². The van der Waals surface area contributed by atoms with Gasteiger partial charge in [-0.25, -0.2) is 9.80 Å². The van der Waals surface area contributed by atoms with Crippen LogP contribution < -0.4 is 9.80 Å². The van der Waals surface area contributed by atoms with E-state index in [0.29, 0.717) is 0 Å². The topological polar surface area (TPSA) is 152 Å². The highest BCUT2D eigenvalue weighted by Gasteiger charge is 2.31. The SMILES string of the molecule is O=C1C=CC(=O)N1c1cc(N2C(=O)C=CC2=O)nnn1.c1cnnnc1. The molecule has 2 aliphatic rings. The molecule has 12 nitrogen and oxygen atoms in total. The van der Waals surface area contributed by atoms with Gasteiger partial charge in [-0.1, -0.05) is 0 Å². The smallest absolute Gasteiger partial charge is 0.259 e. The Kier molecular flexibility index (Phi) is 4.56. The van der Waals surface area contributed by atoms with Crippen molar-refractivity contribution in [2.24, 2.45) is 0 Å². The van der Waals surface area contributed by atoms with Crippen molar-refractivity contribution >= 4 is 35.3 Å². The normalized spacial score (nSPS) is 15.5. The molecule has 0 N–H and O–H groups in total. The van der Waals surface area contributed by atoms with E-state index in [2.05, 4.69) is 30.8 Å². The Balaban J connectivity index is 0.000000278. The molecule has 128 valence electrons. The van der Waals surface area contributed by atoms with Crippen LogP contribution in [0.25, 0.3) is 0 Å². The van der Waals surface area contributed by atoms with Crippen molar-refractivity contribution < 1.29 is 19.2 Å². The number of carbonyl (C=O) groups is 4. The zero-order valence-electron chi connectivity index (χ0n) is 12.8. The number of nitrogens with zero attached hydrogens (tertiary/aromatic N) is 8. The van der Waals surface area contributed by atoms with E-state index < -0.39 is 23.6 Å². The quantitative estimate of drug-likeness (QED) is 0.590. The van der Waals surface area contributed by atoms with Crippen LogP contribution in [0.2, 0.25) is 0 Å². The van der Waals surface area contributed by atoms with Gasteiger partial charge in [0.15, 0.2) is 11.6 Å². The first-order valence-corrected chi connectivity index (χ1v) is 6.99. The van der Waals surface area contributed by atoms with Gasteiger partial charge in [-0.05, 0) is 16.5 Å². The fourth-order valence-corrected chi connectivity index (χ4v) is 1.96. The summed E-state index contributed by atoms with van der Waals surface area (Å²) < 4.78 is 0. The molecule has 2 aliphatic heterocycles. The highest BCUT2D eigenvalue weighted by molar-refractivity contribution is 6.29. The van der Waals surface area contributed by atoms with E-state index in [9.17, 15) is 19.2 Å². The van der Waals surface area contributed by atoms with Crippen molar-refractivity contribution in [2.75, 3.05) is 9.80 Å². The highest BCUT2D eigenvalue weighted by atomic mass is 16.2. The maximum absolute atomic E-state index is 11.5. The average molecular weight is 352 g/mol. The van der Waals surface area contributed by atoms with Crippen molar-refractivity contribution in [1.82, 2.24) is 30.8 Å². The molecular formula is C14H8N8O4. The third kappa shape index (κ3) is 3.33. The summed E-state index contributed by atoms with van der Waals surface area (Å²) in [5, 5.41) is 20.6. The molecule has 2 aromatic heterocycles. The fraction of sp³-hybridized carbons (Fsp3) is 0. The molecule has 4 rings (SSSR count). The van der Waals surface area contributed by atoms with Gasteiger partial charge in [-0.3, -0.25) is 19.2 Å². The van der Waals surface area contributed by atoms with Crippen LogP contribution in [0.1, 0.15) is 0 Å². The van der Waals surface area contributed by atoms with Crippen LogP contribution in [0.4, 0.5) is 11.6 Å². The molecule has 0 radical (unpaired) electrons. The molecule has 0 unspecified atom stereocenters. The minimum absolute atomic E-state index is 0.109. The van der Waals surface area contributed by atoms with Crippen LogP contribution in [-0.2, 0) is 19.2 Å². The van der Waals surface area contributed by atoms with Gasteiger partial charge in [-0.15, -0.1) is 20.4 Å². The summed E-state index contributed by atoms with van der Waals surface area (Å²) >= 11 is 0. The van der Waals surface area contributed by atoms with E-state index in [4.69, 9.17) is 0 Å². The summed E-state index contributed by atoms with van der Waals surface area (Å²) in [7, 11) is 0. The molecule has 0 aliphatic carbocycles.